The summed E-state index contributed by atoms with van der Waals surface area (Å²) < 4.78 is 0. The van der Waals surface area contributed by atoms with Gasteiger partial charge in [-0.3, -0.25) is 9.89 Å². The molecular formula is C12H14N2O. The molecule has 0 atom stereocenters. The molecule has 1 aromatic heterocycles. The van der Waals surface area contributed by atoms with E-state index in [0.29, 0.717) is 0 Å². The molecule has 0 saturated carbocycles. The highest BCUT2D eigenvalue weighted by molar-refractivity contribution is 5.66. The van der Waals surface area contributed by atoms with Gasteiger partial charge in [0.05, 0.1) is 5.56 Å². The van der Waals surface area contributed by atoms with Crippen LogP contribution < -0.4 is 5.56 Å². The summed E-state index contributed by atoms with van der Waals surface area (Å²) in [5, 5.41) is 5.43. The molecule has 3 nitrogen and oxygen atoms in total. The molecule has 0 aliphatic carbocycles. The Kier molecular flexibility index (Phi) is 2.23. The van der Waals surface area contributed by atoms with Crippen LogP contribution in [-0.2, 0) is 0 Å². The van der Waals surface area contributed by atoms with Gasteiger partial charge in [-0.05, 0) is 26.3 Å². The molecule has 1 heterocycles. The Morgan fingerprint density at radius 3 is 2.00 bits per heavy atom. The lowest BCUT2D eigenvalue weighted by Crippen LogP contribution is -2.02. The Morgan fingerprint density at radius 2 is 1.53 bits per heavy atom. The van der Waals surface area contributed by atoms with Crippen LogP contribution in [0.4, 0.5) is 0 Å². The maximum absolute atomic E-state index is 11.6. The number of aromatic amines is 2. The molecule has 0 bridgehead atoms. The van der Waals surface area contributed by atoms with Crippen molar-refractivity contribution in [2.45, 2.75) is 20.8 Å². The highest BCUT2D eigenvalue weighted by Crippen LogP contribution is 2.20. The van der Waals surface area contributed by atoms with E-state index in [4.69, 9.17) is 0 Å². The van der Waals surface area contributed by atoms with Gasteiger partial charge in [-0.15, -0.1) is 0 Å². The molecule has 0 saturated heterocycles. The van der Waals surface area contributed by atoms with E-state index in [1.165, 1.54) is 11.1 Å². The van der Waals surface area contributed by atoms with Crippen molar-refractivity contribution in [3.05, 3.63) is 45.4 Å². The first kappa shape index (κ1) is 9.77. The zero-order valence-electron chi connectivity index (χ0n) is 9.14. The maximum atomic E-state index is 11.6. The lowest BCUT2D eigenvalue weighted by Gasteiger charge is -2.02. The van der Waals surface area contributed by atoms with Crippen LogP contribution in [0.5, 0.6) is 0 Å². The largest absolute Gasteiger partial charge is 0.302 e. The Balaban J connectivity index is 2.69. The quantitative estimate of drug-likeness (QED) is 0.732. The highest BCUT2D eigenvalue weighted by atomic mass is 16.1. The molecule has 0 spiro atoms. The van der Waals surface area contributed by atoms with E-state index < -0.39 is 0 Å². The highest BCUT2D eigenvalue weighted by Gasteiger charge is 2.09. The molecule has 78 valence electrons. The minimum Gasteiger partial charge on any atom is -0.302 e. The second-order valence-electron chi connectivity index (χ2n) is 3.96. The molecule has 0 aliphatic rings. The second-order valence-corrected chi connectivity index (χ2v) is 3.96. The van der Waals surface area contributed by atoms with E-state index in [-0.39, 0.29) is 5.56 Å². The number of aryl methyl sites for hydroxylation is 3. The summed E-state index contributed by atoms with van der Waals surface area (Å²) in [6.45, 7) is 5.96. The molecule has 2 rings (SSSR count). The molecule has 0 unspecified atom stereocenters. The van der Waals surface area contributed by atoms with Gasteiger partial charge in [-0.1, -0.05) is 29.3 Å². The van der Waals surface area contributed by atoms with Crippen molar-refractivity contribution in [3.8, 4) is 11.1 Å². The summed E-state index contributed by atoms with van der Waals surface area (Å²) in [6, 6.07) is 6.15. The second kappa shape index (κ2) is 3.42. The van der Waals surface area contributed by atoms with Crippen molar-refractivity contribution in [2.75, 3.05) is 0 Å². The standard InChI is InChI=1S/C12H14N2O/c1-7-4-8(2)6-10(5-7)11-9(3)13-14-12(11)15/h4-6H,1-3H3,(H2,13,14,15). The van der Waals surface area contributed by atoms with Crippen molar-refractivity contribution in [1.29, 1.82) is 0 Å². The van der Waals surface area contributed by atoms with Gasteiger partial charge in [0, 0.05) is 5.69 Å². The number of aromatic nitrogens is 2. The van der Waals surface area contributed by atoms with E-state index in [1.807, 2.05) is 32.9 Å². The molecule has 0 radical (unpaired) electrons. The average Bonchev–Trinajstić information content (AvgIpc) is 2.44. The van der Waals surface area contributed by atoms with Crippen LogP contribution in [0.1, 0.15) is 16.8 Å². The molecule has 3 heteroatoms. The monoisotopic (exact) mass is 202 g/mol. The molecule has 0 aliphatic heterocycles. The predicted octanol–water partition coefficient (Wildman–Crippen LogP) is 2.30. The summed E-state index contributed by atoms with van der Waals surface area (Å²) in [4.78, 5) is 11.6. The Labute approximate surface area is 88.1 Å². The number of nitrogens with one attached hydrogen (secondary N) is 2. The zero-order chi connectivity index (χ0) is 11.0. The molecular weight excluding hydrogens is 188 g/mol. The lowest BCUT2D eigenvalue weighted by atomic mass is 10.0. The predicted molar refractivity (Wildman–Crippen MR) is 61.1 cm³/mol. The number of hydrogen-bond donors (Lipinski definition) is 2. The topological polar surface area (TPSA) is 48.6 Å². The molecule has 0 fully saturated rings. The summed E-state index contributed by atoms with van der Waals surface area (Å²) in [5.41, 5.74) is 4.88. The van der Waals surface area contributed by atoms with Gasteiger partial charge >= 0.3 is 0 Å². The first-order chi connectivity index (χ1) is 7.08. The fraction of sp³-hybridized carbons (Fsp3) is 0.250. The van der Waals surface area contributed by atoms with E-state index in [0.717, 1.165) is 16.8 Å². The number of hydrogen-bond acceptors (Lipinski definition) is 1. The number of benzene rings is 1. The van der Waals surface area contributed by atoms with Crippen molar-refractivity contribution >= 4 is 0 Å². The first-order valence-electron chi connectivity index (χ1n) is 4.94. The summed E-state index contributed by atoms with van der Waals surface area (Å²) in [7, 11) is 0. The fourth-order valence-electron chi connectivity index (χ4n) is 1.91. The van der Waals surface area contributed by atoms with Gasteiger partial charge in [0.1, 0.15) is 0 Å². The Bertz CT molecular complexity index is 529. The van der Waals surface area contributed by atoms with Crippen molar-refractivity contribution in [1.82, 2.24) is 10.2 Å². The van der Waals surface area contributed by atoms with Gasteiger partial charge in [0.25, 0.3) is 5.56 Å². The minimum absolute atomic E-state index is 0.0579. The van der Waals surface area contributed by atoms with E-state index in [9.17, 15) is 4.79 Å². The third-order valence-electron chi connectivity index (χ3n) is 2.48. The van der Waals surface area contributed by atoms with Gasteiger partial charge in [-0.25, -0.2) is 0 Å². The number of H-pyrrole nitrogens is 2. The summed E-state index contributed by atoms with van der Waals surface area (Å²) in [6.07, 6.45) is 0. The Hall–Kier alpha value is -1.77. The third kappa shape index (κ3) is 1.73. The lowest BCUT2D eigenvalue weighted by molar-refractivity contribution is 1.02. The number of rotatable bonds is 1. The van der Waals surface area contributed by atoms with Crippen molar-refractivity contribution in [3.63, 3.8) is 0 Å². The Morgan fingerprint density at radius 1 is 0.933 bits per heavy atom. The molecule has 2 aromatic rings. The minimum atomic E-state index is -0.0579. The fourth-order valence-corrected chi connectivity index (χ4v) is 1.91. The zero-order valence-corrected chi connectivity index (χ0v) is 9.14. The average molecular weight is 202 g/mol. The normalized spacial score (nSPS) is 10.6. The third-order valence-corrected chi connectivity index (χ3v) is 2.48. The summed E-state index contributed by atoms with van der Waals surface area (Å²) in [5.74, 6) is 0. The van der Waals surface area contributed by atoms with Gasteiger partial charge in [0.15, 0.2) is 0 Å². The van der Waals surface area contributed by atoms with Crippen molar-refractivity contribution < 1.29 is 0 Å². The van der Waals surface area contributed by atoms with Gasteiger partial charge in [0.2, 0.25) is 0 Å². The van der Waals surface area contributed by atoms with E-state index in [1.54, 1.807) is 0 Å². The van der Waals surface area contributed by atoms with E-state index >= 15 is 0 Å². The first-order valence-corrected chi connectivity index (χ1v) is 4.94. The van der Waals surface area contributed by atoms with Gasteiger partial charge < -0.3 is 5.10 Å². The molecule has 2 N–H and O–H groups in total. The molecule has 0 amide bonds. The SMILES string of the molecule is Cc1cc(C)cc(-c2c(C)[nH][nH]c2=O)c1. The van der Waals surface area contributed by atoms with Crippen LogP contribution in [-0.4, -0.2) is 10.2 Å². The van der Waals surface area contributed by atoms with Gasteiger partial charge in [-0.2, -0.15) is 0 Å². The maximum Gasteiger partial charge on any atom is 0.272 e. The van der Waals surface area contributed by atoms with Crippen LogP contribution in [0.25, 0.3) is 11.1 Å². The molecule has 15 heavy (non-hydrogen) atoms. The van der Waals surface area contributed by atoms with Crippen molar-refractivity contribution in [2.24, 2.45) is 0 Å². The molecule has 1 aromatic carbocycles. The van der Waals surface area contributed by atoms with Crippen LogP contribution in [0, 0.1) is 20.8 Å². The smallest absolute Gasteiger partial charge is 0.272 e. The van der Waals surface area contributed by atoms with Crippen LogP contribution >= 0.6 is 0 Å². The van der Waals surface area contributed by atoms with Crippen LogP contribution in [0.15, 0.2) is 23.0 Å². The van der Waals surface area contributed by atoms with E-state index in [2.05, 4.69) is 16.3 Å². The van der Waals surface area contributed by atoms with Crippen LogP contribution in [0.2, 0.25) is 0 Å². The van der Waals surface area contributed by atoms with Crippen LogP contribution in [0.3, 0.4) is 0 Å². The summed E-state index contributed by atoms with van der Waals surface area (Å²) >= 11 is 0.